The Labute approximate surface area is 83.4 Å². The summed E-state index contributed by atoms with van der Waals surface area (Å²) in [6.07, 6.45) is -0.0336. The lowest BCUT2D eigenvalue weighted by molar-refractivity contribution is -0.139. The third kappa shape index (κ3) is 4.69. The van der Waals surface area contributed by atoms with Crippen molar-refractivity contribution in [2.24, 2.45) is 0 Å². The van der Waals surface area contributed by atoms with Crippen LogP contribution < -0.4 is 5.32 Å². The molecule has 0 aliphatic rings. The van der Waals surface area contributed by atoms with Crippen LogP contribution >= 0.6 is 0 Å². The van der Waals surface area contributed by atoms with Crippen molar-refractivity contribution in [3.8, 4) is 0 Å². The molecule has 0 bridgehead atoms. The predicted octanol–water partition coefficient (Wildman–Crippen LogP) is 1.37. The van der Waals surface area contributed by atoms with Crippen molar-refractivity contribution in [1.29, 1.82) is 0 Å². The number of amides is 1. The largest absolute Gasteiger partial charge is 0.480 e. The first-order valence-electron chi connectivity index (χ1n) is 4.51. The summed E-state index contributed by atoms with van der Waals surface area (Å²) in [5.74, 6) is -1.09. The fourth-order valence-corrected chi connectivity index (χ4v) is 0.591. The smallest absolute Gasteiger partial charge is 0.408 e. The number of aliphatic carboxylic acids is 1. The molecule has 0 saturated carbocycles. The minimum Gasteiger partial charge on any atom is -0.480 e. The summed E-state index contributed by atoms with van der Waals surface area (Å²) >= 11 is 0. The van der Waals surface area contributed by atoms with Crippen LogP contribution in [0.2, 0.25) is 0 Å². The van der Waals surface area contributed by atoms with Crippen molar-refractivity contribution < 1.29 is 19.4 Å². The van der Waals surface area contributed by atoms with Crippen LogP contribution in [0.4, 0.5) is 4.79 Å². The van der Waals surface area contributed by atoms with Crippen LogP contribution in [0.5, 0.6) is 0 Å². The molecule has 0 spiro atoms. The third-order valence-electron chi connectivity index (χ3n) is 1.93. The van der Waals surface area contributed by atoms with E-state index in [2.05, 4.69) is 5.32 Å². The van der Waals surface area contributed by atoms with E-state index >= 15 is 0 Å². The van der Waals surface area contributed by atoms with Crippen LogP contribution in [0.15, 0.2) is 0 Å². The number of rotatable bonds is 4. The molecule has 0 rings (SSSR count). The number of carboxylic acid groups (broad SMARTS) is 1. The van der Waals surface area contributed by atoms with Gasteiger partial charge in [0.1, 0.15) is 11.6 Å². The van der Waals surface area contributed by atoms with E-state index in [1.54, 1.807) is 13.8 Å². The molecule has 82 valence electrons. The molecule has 0 radical (unpaired) electrons. The van der Waals surface area contributed by atoms with Gasteiger partial charge in [-0.2, -0.15) is 0 Å². The van der Waals surface area contributed by atoms with Gasteiger partial charge in [-0.05, 0) is 27.2 Å². The van der Waals surface area contributed by atoms with E-state index in [4.69, 9.17) is 9.84 Å². The normalized spacial score (nSPS) is 13.1. The molecule has 14 heavy (non-hydrogen) atoms. The van der Waals surface area contributed by atoms with Crippen molar-refractivity contribution in [2.75, 3.05) is 0 Å². The van der Waals surface area contributed by atoms with Crippen LogP contribution in [0.25, 0.3) is 0 Å². The van der Waals surface area contributed by atoms with Gasteiger partial charge in [-0.1, -0.05) is 6.92 Å². The van der Waals surface area contributed by atoms with Crippen LogP contribution in [0.1, 0.15) is 34.1 Å². The van der Waals surface area contributed by atoms with Gasteiger partial charge in [-0.25, -0.2) is 4.79 Å². The number of carboxylic acids is 1. The Bertz CT molecular complexity index is 225. The van der Waals surface area contributed by atoms with E-state index in [1.807, 2.05) is 6.92 Å². The fourth-order valence-electron chi connectivity index (χ4n) is 0.591. The molecule has 0 unspecified atom stereocenters. The van der Waals surface area contributed by atoms with Gasteiger partial charge in [0.2, 0.25) is 0 Å². The summed E-state index contributed by atoms with van der Waals surface area (Å²) < 4.78 is 4.99. The topological polar surface area (TPSA) is 75.6 Å². The zero-order valence-electron chi connectivity index (χ0n) is 8.96. The standard InChI is InChI=1S/C9H17NO4/c1-5-9(3,4)14-8(13)10-6(2)7(11)12/h6H,5H2,1-4H3,(H,10,13)(H,11,12)/t6-/m1/s1. The second-order valence-corrected chi connectivity index (χ2v) is 3.71. The zero-order chi connectivity index (χ0) is 11.4. The first kappa shape index (κ1) is 12.7. The van der Waals surface area contributed by atoms with Gasteiger partial charge in [0, 0.05) is 0 Å². The quantitative estimate of drug-likeness (QED) is 0.723. The molecule has 1 atom stereocenters. The Morgan fingerprint density at radius 3 is 2.36 bits per heavy atom. The fraction of sp³-hybridized carbons (Fsp3) is 0.778. The SMILES string of the molecule is CCC(C)(C)OC(=O)N[C@H](C)C(=O)O. The minimum atomic E-state index is -1.09. The summed E-state index contributed by atoms with van der Waals surface area (Å²) in [4.78, 5) is 21.5. The van der Waals surface area contributed by atoms with Crippen molar-refractivity contribution in [1.82, 2.24) is 5.32 Å². The number of hydrogen-bond acceptors (Lipinski definition) is 3. The third-order valence-corrected chi connectivity index (χ3v) is 1.93. The average Bonchev–Trinajstić information content (AvgIpc) is 2.02. The molecule has 0 aliphatic heterocycles. The number of nitrogens with one attached hydrogen (secondary N) is 1. The lowest BCUT2D eigenvalue weighted by Crippen LogP contribution is -2.42. The Kier molecular flexibility index (Phi) is 4.40. The van der Waals surface area contributed by atoms with Gasteiger partial charge < -0.3 is 15.2 Å². The summed E-state index contributed by atoms with van der Waals surface area (Å²) in [6, 6.07) is -0.935. The first-order chi connectivity index (χ1) is 6.28. The van der Waals surface area contributed by atoms with E-state index in [0.29, 0.717) is 6.42 Å². The Hall–Kier alpha value is -1.26. The van der Waals surface area contributed by atoms with E-state index < -0.39 is 23.7 Å². The van der Waals surface area contributed by atoms with Gasteiger partial charge in [-0.15, -0.1) is 0 Å². The van der Waals surface area contributed by atoms with Crippen molar-refractivity contribution in [3.63, 3.8) is 0 Å². The molecule has 5 nitrogen and oxygen atoms in total. The molecule has 5 heteroatoms. The Balaban J connectivity index is 4.05. The molecular weight excluding hydrogens is 186 g/mol. The maximum absolute atomic E-state index is 11.1. The van der Waals surface area contributed by atoms with Crippen molar-refractivity contribution in [3.05, 3.63) is 0 Å². The van der Waals surface area contributed by atoms with Crippen LogP contribution in [0.3, 0.4) is 0 Å². The van der Waals surface area contributed by atoms with Gasteiger partial charge in [-0.3, -0.25) is 4.79 Å². The van der Waals surface area contributed by atoms with E-state index in [0.717, 1.165) is 0 Å². The Morgan fingerprint density at radius 2 is 2.00 bits per heavy atom. The maximum Gasteiger partial charge on any atom is 0.408 e. The number of alkyl carbamates (subject to hydrolysis) is 1. The zero-order valence-corrected chi connectivity index (χ0v) is 8.96. The second kappa shape index (κ2) is 4.83. The number of carbonyl (C=O) groups is 2. The number of hydrogen-bond donors (Lipinski definition) is 2. The van der Waals surface area contributed by atoms with Gasteiger partial charge >= 0.3 is 12.1 Å². The van der Waals surface area contributed by atoms with Crippen LogP contribution in [0, 0.1) is 0 Å². The summed E-state index contributed by atoms with van der Waals surface area (Å²) in [6.45, 7) is 6.78. The molecular formula is C9H17NO4. The molecule has 0 heterocycles. The minimum absolute atomic E-state index is 0.567. The van der Waals surface area contributed by atoms with Gasteiger partial charge in [0.15, 0.2) is 0 Å². The summed E-state index contributed by atoms with van der Waals surface area (Å²) in [7, 11) is 0. The molecule has 2 N–H and O–H groups in total. The molecule has 0 aliphatic carbocycles. The van der Waals surface area contributed by atoms with Crippen molar-refractivity contribution in [2.45, 2.75) is 45.8 Å². The predicted molar refractivity (Wildman–Crippen MR) is 51.1 cm³/mol. The van der Waals surface area contributed by atoms with Gasteiger partial charge in [0.05, 0.1) is 0 Å². The highest BCUT2D eigenvalue weighted by Crippen LogP contribution is 2.13. The molecule has 1 amide bonds. The summed E-state index contributed by atoms with van der Waals surface area (Å²) in [5.41, 5.74) is -0.567. The number of carbonyl (C=O) groups excluding carboxylic acids is 1. The van der Waals surface area contributed by atoms with E-state index in [9.17, 15) is 9.59 Å². The highest BCUT2D eigenvalue weighted by molar-refractivity contribution is 5.79. The van der Waals surface area contributed by atoms with Crippen LogP contribution in [-0.2, 0) is 9.53 Å². The highest BCUT2D eigenvalue weighted by Gasteiger charge is 2.22. The monoisotopic (exact) mass is 203 g/mol. The van der Waals surface area contributed by atoms with E-state index in [1.165, 1.54) is 6.92 Å². The number of ether oxygens (including phenoxy) is 1. The van der Waals surface area contributed by atoms with Crippen molar-refractivity contribution >= 4 is 12.1 Å². The molecule has 0 aromatic carbocycles. The van der Waals surface area contributed by atoms with E-state index in [-0.39, 0.29) is 0 Å². The molecule has 0 aromatic heterocycles. The lowest BCUT2D eigenvalue weighted by Gasteiger charge is -2.23. The van der Waals surface area contributed by atoms with Gasteiger partial charge in [0.25, 0.3) is 0 Å². The second-order valence-electron chi connectivity index (χ2n) is 3.71. The Morgan fingerprint density at radius 1 is 1.50 bits per heavy atom. The molecule has 0 aromatic rings. The maximum atomic E-state index is 11.1. The summed E-state index contributed by atoms with van der Waals surface area (Å²) in [5, 5.41) is 10.7. The first-order valence-corrected chi connectivity index (χ1v) is 4.51. The molecule has 0 saturated heterocycles. The lowest BCUT2D eigenvalue weighted by atomic mass is 10.1. The molecule has 0 fully saturated rings. The van der Waals surface area contributed by atoms with Crippen LogP contribution in [-0.4, -0.2) is 28.8 Å². The highest BCUT2D eigenvalue weighted by atomic mass is 16.6. The average molecular weight is 203 g/mol.